The van der Waals surface area contributed by atoms with E-state index in [2.05, 4.69) is 0 Å². The van der Waals surface area contributed by atoms with Gasteiger partial charge in [-0.15, -0.1) is 0 Å². The van der Waals surface area contributed by atoms with Gasteiger partial charge in [-0.25, -0.2) is 0 Å². The molecule has 0 N–H and O–H groups in total. The SMILES string of the molecule is COc1cc(C(=O)/C=C/C(=O)C(C)C)cc(OC)c1OC. The van der Waals surface area contributed by atoms with E-state index in [1.165, 1.54) is 33.5 Å². The smallest absolute Gasteiger partial charge is 0.203 e. The van der Waals surface area contributed by atoms with Crippen LogP contribution in [-0.4, -0.2) is 32.9 Å². The fraction of sp³-hybridized carbons (Fsp3) is 0.375. The molecule has 21 heavy (non-hydrogen) atoms. The van der Waals surface area contributed by atoms with Gasteiger partial charge in [-0.1, -0.05) is 13.8 Å². The summed E-state index contributed by atoms with van der Waals surface area (Å²) in [6.07, 6.45) is 2.54. The summed E-state index contributed by atoms with van der Waals surface area (Å²) in [6, 6.07) is 3.10. The van der Waals surface area contributed by atoms with Gasteiger partial charge >= 0.3 is 0 Å². The van der Waals surface area contributed by atoms with Crippen molar-refractivity contribution in [2.45, 2.75) is 13.8 Å². The maximum atomic E-state index is 12.1. The second kappa shape index (κ2) is 7.47. The number of methoxy groups -OCH3 is 3. The molecule has 0 radical (unpaired) electrons. The quantitative estimate of drug-likeness (QED) is 0.571. The van der Waals surface area contributed by atoms with Crippen molar-refractivity contribution in [3.63, 3.8) is 0 Å². The Morgan fingerprint density at radius 3 is 1.86 bits per heavy atom. The van der Waals surface area contributed by atoms with Crippen LogP contribution in [0.4, 0.5) is 0 Å². The molecule has 1 aromatic rings. The molecule has 0 amide bonds. The van der Waals surface area contributed by atoms with Crippen LogP contribution in [0.2, 0.25) is 0 Å². The Kier molecular flexibility index (Phi) is 5.96. The number of benzene rings is 1. The summed E-state index contributed by atoms with van der Waals surface area (Å²) in [5, 5.41) is 0. The van der Waals surface area contributed by atoms with Crippen LogP contribution in [0.1, 0.15) is 24.2 Å². The van der Waals surface area contributed by atoms with Crippen LogP contribution >= 0.6 is 0 Å². The van der Waals surface area contributed by atoms with Gasteiger partial charge in [-0.2, -0.15) is 0 Å². The molecule has 0 saturated heterocycles. The summed E-state index contributed by atoms with van der Waals surface area (Å²) in [4.78, 5) is 23.6. The van der Waals surface area contributed by atoms with Gasteiger partial charge in [-0.3, -0.25) is 9.59 Å². The number of hydrogen-bond acceptors (Lipinski definition) is 5. The van der Waals surface area contributed by atoms with Crippen LogP contribution in [0.25, 0.3) is 0 Å². The Bertz CT molecular complexity index is 533. The third-order valence-corrected chi connectivity index (χ3v) is 2.92. The predicted molar refractivity (Wildman–Crippen MR) is 79.4 cm³/mol. The van der Waals surface area contributed by atoms with Gasteiger partial charge in [0.2, 0.25) is 5.75 Å². The Balaban J connectivity index is 3.13. The van der Waals surface area contributed by atoms with Crippen molar-refractivity contribution in [3.8, 4) is 17.2 Å². The fourth-order valence-corrected chi connectivity index (χ4v) is 1.67. The van der Waals surface area contributed by atoms with Crippen LogP contribution < -0.4 is 14.2 Å². The van der Waals surface area contributed by atoms with E-state index < -0.39 is 0 Å². The highest BCUT2D eigenvalue weighted by Gasteiger charge is 2.16. The van der Waals surface area contributed by atoms with E-state index in [1.54, 1.807) is 26.0 Å². The largest absolute Gasteiger partial charge is 0.493 e. The minimum absolute atomic E-state index is 0.101. The number of hydrogen-bond donors (Lipinski definition) is 0. The lowest BCUT2D eigenvalue weighted by atomic mass is 10.1. The number of allylic oxidation sites excluding steroid dienone is 2. The van der Waals surface area contributed by atoms with Gasteiger partial charge in [0.15, 0.2) is 23.1 Å². The molecule has 0 aromatic heterocycles. The van der Waals surface area contributed by atoms with Crippen molar-refractivity contribution < 1.29 is 23.8 Å². The molecule has 0 spiro atoms. The number of carbonyl (C=O) groups is 2. The van der Waals surface area contributed by atoms with Crippen LogP contribution in [-0.2, 0) is 4.79 Å². The zero-order chi connectivity index (χ0) is 16.0. The average Bonchev–Trinajstić information content (AvgIpc) is 2.50. The summed E-state index contributed by atoms with van der Waals surface area (Å²) in [5.41, 5.74) is 0.359. The number of ether oxygens (including phenoxy) is 3. The van der Waals surface area contributed by atoms with Crippen molar-refractivity contribution in [1.29, 1.82) is 0 Å². The Hall–Kier alpha value is -2.30. The van der Waals surface area contributed by atoms with Gasteiger partial charge in [0, 0.05) is 11.5 Å². The molecule has 5 heteroatoms. The van der Waals surface area contributed by atoms with E-state index in [0.717, 1.165) is 0 Å². The lowest BCUT2D eigenvalue weighted by Crippen LogP contribution is -2.04. The lowest BCUT2D eigenvalue weighted by Gasteiger charge is -2.13. The molecule has 114 valence electrons. The molecular weight excluding hydrogens is 272 g/mol. The molecule has 0 aliphatic carbocycles. The van der Waals surface area contributed by atoms with E-state index in [4.69, 9.17) is 14.2 Å². The average molecular weight is 292 g/mol. The van der Waals surface area contributed by atoms with Crippen molar-refractivity contribution in [2.24, 2.45) is 5.92 Å². The maximum absolute atomic E-state index is 12.1. The molecule has 0 aliphatic rings. The lowest BCUT2D eigenvalue weighted by molar-refractivity contribution is -0.117. The van der Waals surface area contributed by atoms with Crippen molar-refractivity contribution in [3.05, 3.63) is 29.8 Å². The molecule has 0 unspecified atom stereocenters. The van der Waals surface area contributed by atoms with Crippen molar-refractivity contribution in [1.82, 2.24) is 0 Å². The highest BCUT2D eigenvalue weighted by atomic mass is 16.5. The minimum Gasteiger partial charge on any atom is -0.493 e. The van der Waals surface area contributed by atoms with E-state index in [-0.39, 0.29) is 17.5 Å². The fourth-order valence-electron chi connectivity index (χ4n) is 1.67. The minimum atomic E-state index is -0.303. The standard InChI is InChI=1S/C16H20O5/c1-10(2)12(17)6-7-13(18)11-8-14(19-3)16(21-5)15(9-11)20-4/h6-10H,1-5H3/b7-6+. The second-order valence-electron chi connectivity index (χ2n) is 4.67. The first-order valence-corrected chi connectivity index (χ1v) is 6.50. The second-order valence-corrected chi connectivity index (χ2v) is 4.67. The van der Waals surface area contributed by atoms with E-state index in [1.807, 2.05) is 0 Å². The molecule has 0 aliphatic heterocycles. The Labute approximate surface area is 124 Å². The number of ketones is 2. The third kappa shape index (κ3) is 4.08. The monoisotopic (exact) mass is 292 g/mol. The predicted octanol–water partition coefficient (Wildman–Crippen LogP) is 2.68. The van der Waals surface area contributed by atoms with Crippen LogP contribution in [0, 0.1) is 5.92 Å². The van der Waals surface area contributed by atoms with Gasteiger partial charge in [0.05, 0.1) is 21.3 Å². The maximum Gasteiger partial charge on any atom is 0.203 e. The molecule has 1 rings (SSSR count). The molecular formula is C16H20O5. The Morgan fingerprint density at radius 1 is 0.952 bits per heavy atom. The molecule has 1 aromatic carbocycles. The van der Waals surface area contributed by atoms with E-state index in [9.17, 15) is 9.59 Å². The zero-order valence-corrected chi connectivity index (χ0v) is 12.9. The first-order valence-electron chi connectivity index (χ1n) is 6.50. The number of rotatable bonds is 7. The summed E-state index contributed by atoms with van der Waals surface area (Å²) in [5.74, 6) is 0.652. The first-order chi connectivity index (χ1) is 9.94. The van der Waals surface area contributed by atoms with Crippen molar-refractivity contribution in [2.75, 3.05) is 21.3 Å². The number of carbonyl (C=O) groups excluding carboxylic acids is 2. The normalized spacial score (nSPS) is 10.8. The summed E-state index contributed by atoms with van der Waals surface area (Å²) in [6.45, 7) is 3.55. The molecule has 0 fully saturated rings. The molecule has 0 heterocycles. The van der Waals surface area contributed by atoms with Gasteiger partial charge in [0.25, 0.3) is 0 Å². The highest BCUT2D eigenvalue weighted by Crippen LogP contribution is 2.38. The van der Waals surface area contributed by atoms with E-state index >= 15 is 0 Å². The highest BCUT2D eigenvalue weighted by molar-refractivity contribution is 6.08. The molecule has 0 bridgehead atoms. The summed E-state index contributed by atoms with van der Waals surface area (Å²) in [7, 11) is 4.44. The van der Waals surface area contributed by atoms with Gasteiger partial charge < -0.3 is 14.2 Å². The van der Waals surface area contributed by atoms with Crippen LogP contribution in [0.15, 0.2) is 24.3 Å². The summed E-state index contributed by atoms with van der Waals surface area (Å²) < 4.78 is 15.6. The zero-order valence-electron chi connectivity index (χ0n) is 12.9. The summed E-state index contributed by atoms with van der Waals surface area (Å²) >= 11 is 0. The Morgan fingerprint density at radius 2 is 1.48 bits per heavy atom. The van der Waals surface area contributed by atoms with Crippen LogP contribution in [0.5, 0.6) is 17.2 Å². The van der Waals surface area contributed by atoms with Gasteiger partial charge in [-0.05, 0) is 24.3 Å². The van der Waals surface area contributed by atoms with Gasteiger partial charge in [0.1, 0.15) is 0 Å². The molecule has 0 saturated carbocycles. The van der Waals surface area contributed by atoms with Crippen molar-refractivity contribution >= 4 is 11.6 Å². The first kappa shape index (κ1) is 16.8. The van der Waals surface area contributed by atoms with Crippen LogP contribution in [0.3, 0.4) is 0 Å². The molecule has 5 nitrogen and oxygen atoms in total. The van der Waals surface area contributed by atoms with E-state index in [0.29, 0.717) is 22.8 Å². The third-order valence-electron chi connectivity index (χ3n) is 2.92. The molecule has 0 atom stereocenters. The topological polar surface area (TPSA) is 61.8 Å².